The molecule has 3 heteroatoms. The van der Waals surface area contributed by atoms with Gasteiger partial charge >= 0.3 is 0 Å². The molecule has 2 fully saturated rings. The number of rotatable bonds is 1. The van der Waals surface area contributed by atoms with Crippen molar-refractivity contribution < 1.29 is 0 Å². The van der Waals surface area contributed by atoms with Crippen molar-refractivity contribution in [2.45, 2.75) is 57.2 Å². The van der Waals surface area contributed by atoms with Crippen LogP contribution in [0.5, 0.6) is 0 Å². The fourth-order valence-electron chi connectivity index (χ4n) is 3.73. The van der Waals surface area contributed by atoms with E-state index in [4.69, 9.17) is 5.73 Å². The maximum Gasteiger partial charge on any atom is 0.0401 e. The summed E-state index contributed by atoms with van der Waals surface area (Å²) in [6.07, 6.45) is 6.30. The van der Waals surface area contributed by atoms with Gasteiger partial charge in [-0.1, -0.05) is 15.9 Å². The smallest absolute Gasteiger partial charge is 0.0401 e. The topological polar surface area (TPSA) is 29.3 Å². The molecule has 0 spiro atoms. The molecule has 0 radical (unpaired) electrons. The first-order chi connectivity index (χ1) is 8.65. The molecule has 1 aromatic rings. The molecular formula is C15H21BrN2. The molecule has 98 valence electrons. The third-order valence-corrected chi connectivity index (χ3v) is 4.94. The van der Waals surface area contributed by atoms with Crippen LogP contribution in [0.1, 0.15) is 37.7 Å². The van der Waals surface area contributed by atoms with Crippen LogP contribution in [-0.4, -0.2) is 18.1 Å². The zero-order valence-electron chi connectivity index (χ0n) is 10.9. The Balaban J connectivity index is 1.95. The van der Waals surface area contributed by atoms with Crippen LogP contribution in [0.15, 0.2) is 22.7 Å². The highest BCUT2D eigenvalue weighted by Gasteiger charge is 2.37. The van der Waals surface area contributed by atoms with E-state index in [9.17, 15) is 0 Å². The van der Waals surface area contributed by atoms with E-state index < -0.39 is 0 Å². The van der Waals surface area contributed by atoms with Crippen LogP contribution in [0.3, 0.4) is 0 Å². The molecule has 3 rings (SSSR count). The molecule has 0 saturated carbocycles. The van der Waals surface area contributed by atoms with E-state index in [0.717, 1.165) is 12.8 Å². The van der Waals surface area contributed by atoms with E-state index in [1.165, 1.54) is 35.0 Å². The van der Waals surface area contributed by atoms with Gasteiger partial charge in [0.1, 0.15) is 0 Å². The molecule has 2 nitrogen and oxygen atoms in total. The average molecular weight is 309 g/mol. The van der Waals surface area contributed by atoms with Gasteiger partial charge in [0.25, 0.3) is 0 Å². The van der Waals surface area contributed by atoms with E-state index in [1.807, 2.05) is 0 Å². The Hall–Kier alpha value is -0.540. The van der Waals surface area contributed by atoms with Crippen LogP contribution in [-0.2, 0) is 0 Å². The van der Waals surface area contributed by atoms with Crippen molar-refractivity contribution in [3.05, 3.63) is 28.2 Å². The lowest BCUT2D eigenvalue weighted by Gasteiger charge is -2.50. The van der Waals surface area contributed by atoms with E-state index in [-0.39, 0.29) is 0 Å². The van der Waals surface area contributed by atoms with Crippen molar-refractivity contribution in [1.29, 1.82) is 0 Å². The van der Waals surface area contributed by atoms with Crippen molar-refractivity contribution in [1.82, 2.24) is 0 Å². The highest BCUT2D eigenvalue weighted by atomic mass is 79.9. The summed E-state index contributed by atoms with van der Waals surface area (Å²) in [4.78, 5) is 2.66. The van der Waals surface area contributed by atoms with Gasteiger partial charge in [-0.3, -0.25) is 0 Å². The average Bonchev–Trinajstić information content (AvgIpc) is 2.28. The van der Waals surface area contributed by atoms with Crippen molar-refractivity contribution in [2.75, 3.05) is 4.90 Å². The monoisotopic (exact) mass is 308 g/mol. The van der Waals surface area contributed by atoms with E-state index in [1.54, 1.807) is 0 Å². The Labute approximate surface area is 118 Å². The Morgan fingerprint density at radius 2 is 1.89 bits per heavy atom. The summed E-state index contributed by atoms with van der Waals surface area (Å²) in [6.45, 7) is 2.21. The molecule has 0 aliphatic carbocycles. The third-order valence-electron chi connectivity index (χ3n) is 4.45. The van der Waals surface area contributed by atoms with Gasteiger partial charge in [-0.15, -0.1) is 0 Å². The highest BCUT2D eigenvalue weighted by molar-refractivity contribution is 9.10. The lowest BCUT2D eigenvalue weighted by atomic mass is 9.81. The predicted molar refractivity (Wildman–Crippen MR) is 80.0 cm³/mol. The molecule has 0 aromatic heterocycles. The number of hydrogen-bond donors (Lipinski definition) is 1. The Morgan fingerprint density at radius 1 is 1.22 bits per heavy atom. The zero-order chi connectivity index (χ0) is 12.7. The van der Waals surface area contributed by atoms with E-state index >= 15 is 0 Å². The van der Waals surface area contributed by atoms with Gasteiger partial charge in [0.15, 0.2) is 0 Å². The summed E-state index contributed by atoms with van der Waals surface area (Å²) >= 11 is 3.55. The fourth-order valence-corrected chi connectivity index (χ4v) is 4.20. The van der Waals surface area contributed by atoms with E-state index in [0.29, 0.717) is 18.1 Å². The summed E-state index contributed by atoms with van der Waals surface area (Å²) in [5.41, 5.74) is 8.98. The lowest BCUT2D eigenvalue weighted by Crippen LogP contribution is -2.55. The standard InChI is InChI=1S/C15H21BrN2/c1-10-7-11(16)5-6-15(10)18-13-3-2-4-14(18)9-12(17)8-13/h5-7,12-14H,2-4,8-9,17H2,1H3. The lowest BCUT2D eigenvalue weighted by molar-refractivity contribution is 0.271. The molecule has 2 unspecified atom stereocenters. The van der Waals surface area contributed by atoms with Crippen molar-refractivity contribution in [3.8, 4) is 0 Å². The van der Waals surface area contributed by atoms with Gasteiger partial charge in [-0.05, 0) is 62.8 Å². The van der Waals surface area contributed by atoms with E-state index in [2.05, 4.69) is 46.0 Å². The molecule has 2 N–H and O–H groups in total. The molecule has 2 aliphatic heterocycles. The number of nitrogens with two attached hydrogens (primary N) is 1. The summed E-state index contributed by atoms with van der Waals surface area (Å²) in [5.74, 6) is 0. The number of aryl methyl sites for hydroxylation is 1. The largest absolute Gasteiger partial charge is 0.365 e. The second-order valence-corrected chi connectivity index (χ2v) is 6.72. The number of piperidine rings is 2. The van der Waals surface area contributed by atoms with Crippen molar-refractivity contribution >= 4 is 21.6 Å². The summed E-state index contributed by atoms with van der Waals surface area (Å²) in [7, 11) is 0. The number of hydrogen-bond acceptors (Lipinski definition) is 2. The number of anilines is 1. The Morgan fingerprint density at radius 3 is 2.50 bits per heavy atom. The number of fused-ring (bicyclic) bond motifs is 2. The minimum Gasteiger partial charge on any atom is -0.365 e. The first-order valence-corrected chi connectivity index (χ1v) is 7.74. The maximum atomic E-state index is 6.19. The van der Waals surface area contributed by atoms with Gasteiger partial charge < -0.3 is 10.6 Å². The van der Waals surface area contributed by atoms with Gasteiger partial charge in [-0.2, -0.15) is 0 Å². The quantitative estimate of drug-likeness (QED) is 0.859. The van der Waals surface area contributed by atoms with Crippen LogP contribution in [0.4, 0.5) is 5.69 Å². The van der Waals surface area contributed by atoms with Crippen LogP contribution in [0.25, 0.3) is 0 Å². The molecule has 18 heavy (non-hydrogen) atoms. The number of nitrogens with zero attached hydrogens (tertiary/aromatic N) is 1. The molecule has 2 heterocycles. The van der Waals surface area contributed by atoms with Crippen molar-refractivity contribution in [3.63, 3.8) is 0 Å². The summed E-state index contributed by atoms with van der Waals surface area (Å²) < 4.78 is 1.17. The first kappa shape index (κ1) is 12.5. The molecular weight excluding hydrogens is 288 g/mol. The minimum absolute atomic E-state index is 0.410. The van der Waals surface area contributed by atoms with Crippen LogP contribution < -0.4 is 10.6 Å². The van der Waals surface area contributed by atoms with Crippen LogP contribution >= 0.6 is 15.9 Å². The highest BCUT2D eigenvalue weighted by Crippen LogP contribution is 2.39. The SMILES string of the molecule is Cc1cc(Br)ccc1N1C2CCCC1CC(N)C2. The van der Waals surface area contributed by atoms with Gasteiger partial charge in [0.05, 0.1) is 0 Å². The second kappa shape index (κ2) is 4.86. The fraction of sp³-hybridized carbons (Fsp3) is 0.600. The number of benzene rings is 1. The minimum atomic E-state index is 0.410. The number of halogens is 1. The first-order valence-electron chi connectivity index (χ1n) is 6.95. The second-order valence-electron chi connectivity index (χ2n) is 5.81. The molecule has 1 aromatic carbocycles. The molecule has 2 aliphatic rings. The Kier molecular flexibility index (Phi) is 3.37. The molecule has 2 saturated heterocycles. The summed E-state index contributed by atoms with van der Waals surface area (Å²) in [5, 5.41) is 0. The van der Waals surface area contributed by atoms with Gasteiger partial charge in [-0.25, -0.2) is 0 Å². The molecule has 0 amide bonds. The normalized spacial score (nSPS) is 31.5. The van der Waals surface area contributed by atoms with Crippen LogP contribution in [0.2, 0.25) is 0 Å². The molecule has 2 bridgehead atoms. The molecule has 2 atom stereocenters. The van der Waals surface area contributed by atoms with Crippen molar-refractivity contribution in [2.24, 2.45) is 5.73 Å². The van der Waals surface area contributed by atoms with Crippen LogP contribution in [0, 0.1) is 6.92 Å². The zero-order valence-corrected chi connectivity index (χ0v) is 12.5. The predicted octanol–water partition coefficient (Wildman–Crippen LogP) is 3.61. The summed E-state index contributed by atoms with van der Waals surface area (Å²) in [6, 6.07) is 8.38. The third kappa shape index (κ3) is 2.19. The Bertz CT molecular complexity index is 432. The van der Waals surface area contributed by atoms with Gasteiger partial charge in [0, 0.05) is 28.3 Å². The maximum absolute atomic E-state index is 6.19. The van der Waals surface area contributed by atoms with Gasteiger partial charge in [0.2, 0.25) is 0 Å².